The molecule has 6 nitrogen and oxygen atoms in total. The van der Waals surface area contributed by atoms with Gasteiger partial charge in [0.15, 0.2) is 0 Å². The first-order valence-electron chi connectivity index (χ1n) is 11.6. The summed E-state index contributed by atoms with van der Waals surface area (Å²) in [6, 6.07) is 16.1. The molecule has 3 aromatic rings. The number of hydrogen-bond acceptors (Lipinski definition) is 4. The van der Waals surface area contributed by atoms with Gasteiger partial charge in [-0.2, -0.15) is 0 Å². The van der Waals surface area contributed by atoms with Crippen LogP contribution in [0.25, 0.3) is 10.9 Å². The van der Waals surface area contributed by atoms with Crippen molar-refractivity contribution >= 4 is 28.5 Å². The largest absolute Gasteiger partial charge is 0.478 e. The van der Waals surface area contributed by atoms with Crippen molar-refractivity contribution in [2.24, 2.45) is 11.8 Å². The lowest BCUT2D eigenvalue weighted by Gasteiger charge is -2.34. The molecular weight excluding hydrogens is 416 g/mol. The second kappa shape index (κ2) is 9.61. The summed E-state index contributed by atoms with van der Waals surface area (Å²) in [4.78, 5) is 31.7. The number of aromatic carboxylic acids is 1. The summed E-state index contributed by atoms with van der Waals surface area (Å²) in [7, 11) is 0. The van der Waals surface area contributed by atoms with Crippen molar-refractivity contribution in [3.05, 3.63) is 60.2 Å². The molecule has 4 rings (SSSR count). The summed E-state index contributed by atoms with van der Waals surface area (Å²) in [5, 5.41) is 10.9. The van der Waals surface area contributed by atoms with Gasteiger partial charge in [-0.1, -0.05) is 25.1 Å². The zero-order valence-electron chi connectivity index (χ0n) is 19.3. The summed E-state index contributed by atoms with van der Waals surface area (Å²) < 4.78 is 5.88. The molecule has 1 saturated carbocycles. The number of carboxylic acid groups (broad SMARTS) is 1. The van der Waals surface area contributed by atoms with Crippen LogP contribution in [0.5, 0.6) is 11.6 Å². The predicted octanol–water partition coefficient (Wildman–Crippen LogP) is 6.29. The first-order chi connectivity index (χ1) is 15.8. The van der Waals surface area contributed by atoms with E-state index in [0.29, 0.717) is 23.2 Å². The topological polar surface area (TPSA) is 79.7 Å². The van der Waals surface area contributed by atoms with Crippen LogP contribution in [0.3, 0.4) is 0 Å². The number of nitrogens with zero attached hydrogens (tertiary/aromatic N) is 2. The fourth-order valence-corrected chi connectivity index (χ4v) is 4.54. The molecule has 0 atom stereocenters. The molecule has 1 fully saturated rings. The molecular formula is C27H30N2O4. The molecule has 1 heterocycles. The van der Waals surface area contributed by atoms with E-state index in [1.165, 1.54) is 6.07 Å². The van der Waals surface area contributed by atoms with E-state index in [0.717, 1.165) is 36.6 Å². The Kier molecular flexibility index (Phi) is 6.63. The van der Waals surface area contributed by atoms with Crippen molar-refractivity contribution in [2.45, 2.75) is 52.5 Å². The average Bonchev–Trinajstić information content (AvgIpc) is 2.80. The summed E-state index contributed by atoms with van der Waals surface area (Å²) in [6.07, 6.45) is 3.75. The maximum atomic E-state index is 13.4. The van der Waals surface area contributed by atoms with Gasteiger partial charge in [0.05, 0.1) is 16.8 Å². The molecule has 33 heavy (non-hydrogen) atoms. The zero-order valence-corrected chi connectivity index (χ0v) is 19.3. The number of anilines is 1. The third kappa shape index (κ3) is 5.00. The Hall–Kier alpha value is -3.41. The maximum absolute atomic E-state index is 13.4. The Morgan fingerprint density at radius 3 is 2.45 bits per heavy atom. The molecule has 6 heteroatoms. The highest BCUT2D eigenvalue weighted by Gasteiger charge is 2.32. The van der Waals surface area contributed by atoms with E-state index >= 15 is 0 Å². The maximum Gasteiger partial charge on any atom is 0.337 e. The van der Waals surface area contributed by atoms with Crippen LogP contribution in [0.1, 0.15) is 56.8 Å². The van der Waals surface area contributed by atoms with Gasteiger partial charge in [0.1, 0.15) is 5.75 Å². The van der Waals surface area contributed by atoms with E-state index in [4.69, 9.17) is 4.74 Å². The minimum Gasteiger partial charge on any atom is -0.478 e. The van der Waals surface area contributed by atoms with Crippen LogP contribution in [-0.2, 0) is 4.79 Å². The minimum atomic E-state index is -1.10. The Bertz CT molecular complexity index is 1170. The molecule has 1 aromatic heterocycles. The lowest BCUT2D eigenvalue weighted by atomic mass is 9.82. The van der Waals surface area contributed by atoms with Crippen LogP contribution in [0.4, 0.5) is 5.69 Å². The smallest absolute Gasteiger partial charge is 0.337 e. The number of pyridine rings is 1. The lowest BCUT2D eigenvalue weighted by Crippen LogP contribution is -2.42. The minimum absolute atomic E-state index is 0.00395. The standard InChI is InChI=1S/C27H30N2O4/c1-17(2)29(26(30)20-10-8-18(3)9-11-20)24-14-13-21(16-22(24)27(31)32)33-25-15-12-19-6-4-5-7-23(19)28-25/h4-7,12-18,20H,8-11H2,1-3H3,(H,31,32). The number of benzene rings is 2. The van der Waals surface area contributed by atoms with E-state index in [1.807, 2.05) is 44.2 Å². The quantitative estimate of drug-likeness (QED) is 0.481. The molecule has 0 saturated heterocycles. The van der Waals surface area contributed by atoms with Crippen LogP contribution in [0, 0.1) is 11.8 Å². The third-order valence-corrected chi connectivity index (χ3v) is 6.37. The zero-order chi connectivity index (χ0) is 23.5. The lowest BCUT2D eigenvalue weighted by molar-refractivity contribution is -0.123. The molecule has 0 aliphatic heterocycles. The van der Waals surface area contributed by atoms with Crippen LogP contribution in [-0.4, -0.2) is 28.0 Å². The fraction of sp³-hybridized carbons (Fsp3) is 0.370. The first-order valence-corrected chi connectivity index (χ1v) is 11.6. The molecule has 0 spiro atoms. The molecule has 0 bridgehead atoms. The summed E-state index contributed by atoms with van der Waals surface area (Å²) in [5.74, 6) is 0.216. The SMILES string of the molecule is CC1CCC(C(=O)N(c2ccc(Oc3ccc4ccccc4n3)cc2C(=O)O)C(C)C)CC1. The normalized spacial score (nSPS) is 18.3. The third-order valence-electron chi connectivity index (χ3n) is 6.37. The number of carbonyl (C=O) groups excluding carboxylic acids is 1. The van der Waals surface area contributed by atoms with Crippen molar-refractivity contribution in [3.63, 3.8) is 0 Å². The Labute approximate surface area is 194 Å². The number of hydrogen-bond donors (Lipinski definition) is 1. The molecule has 1 N–H and O–H groups in total. The number of para-hydroxylation sites is 1. The van der Waals surface area contributed by atoms with Crippen molar-refractivity contribution in [2.75, 3.05) is 4.90 Å². The molecule has 1 aliphatic rings. The highest BCUT2D eigenvalue weighted by atomic mass is 16.5. The predicted molar refractivity (Wildman–Crippen MR) is 129 cm³/mol. The highest BCUT2D eigenvalue weighted by molar-refractivity contribution is 6.03. The number of carbonyl (C=O) groups is 2. The van der Waals surface area contributed by atoms with Gasteiger partial charge in [-0.05, 0) is 75.8 Å². The average molecular weight is 447 g/mol. The van der Waals surface area contributed by atoms with Crippen LogP contribution >= 0.6 is 0 Å². The molecule has 0 unspecified atom stereocenters. The van der Waals surface area contributed by atoms with E-state index in [2.05, 4.69) is 11.9 Å². The Morgan fingerprint density at radius 1 is 1.03 bits per heavy atom. The van der Waals surface area contributed by atoms with Gasteiger partial charge in [0, 0.05) is 23.4 Å². The summed E-state index contributed by atoms with van der Waals surface area (Å²) in [6.45, 7) is 6.04. The molecule has 1 amide bonds. The van der Waals surface area contributed by atoms with Crippen LogP contribution in [0.2, 0.25) is 0 Å². The van der Waals surface area contributed by atoms with Gasteiger partial charge in [-0.3, -0.25) is 4.79 Å². The number of carboxylic acids is 1. The Balaban J connectivity index is 1.63. The van der Waals surface area contributed by atoms with Crippen molar-refractivity contribution < 1.29 is 19.4 Å². The molecule has 172 valence electrons. The van der Waals surface area contributed by atoms with Crippen molar-refractivity contribution in [1.82, 2.24) is 4.98 Å². The number of fused-ring (bicyclic) bond motifs is 1. The second-order valence-corrected chi connectivity index (χ2v) is 9.19. The Morgan fingerprint density at radius 2 is 1.76 bits per heavy atom. The van der Waals surface area contributed by atoms with Gasteiger partial charge >= 0.3 is 5.97 Å². The second-order valence-electron chi connectivity index (χ2n) is 9.19. The molecule has 0 radical (unpaired) electrons. The van der Waals surface area contributed by atoms with E-state index < -0.39 is 5.97 Å². The molecule has 1 aliphatic carbocycles. The van der Waals surface area contributed by atoms with Gasteiger partial charge < -0.3 is 14.7 Å². The number of aromatic nitrogens is 1. The monoisotopic (exact) mass is 446 g/mol. The van der Waals surface area contributed by atoms with E-state index in [9.17, 15) is 14.7 Å². The fourth-order valence-electron chi connectivity index (χ4n) is 4.54. The first kappa shape index (κ1) is 22.8. The number of amides is 1. The van der Waals surface area contributed by atoms with Crippen LogP contribution < -0.4 is 9.64 Å². The van der Waals surface area contributed by atoms with E-state index in [1.54, 1.807) is 23.1 Å². The number of rotatable bonds is 6. The van der Waals surface area contributed by atoms with E-state index in [-0.39, 0.29) is 23.4 Å². The van der Waals surface area contributed by atoms with Gasteiger partial charge in [0.25, 0.3) is 0 Å². The highest BCUT2D eigenvalue weighted by Crippen LogP contribution is 2.34. The van der Waals surface area contributed by atoms with Gasteiger partial charge in [-0.25, -0.2) is 9.78 Å². The van der Waals surface area contributed by atoms with Crippen molar-refractivity contribution in [1.29, 1.82) is 0 Å². The van der Waals surface area contributed by atoms with Gasteiger partial charge in [-0.15, -0.1) is 0 Å². The van der Waals surface area contributed by atoms with Gasteiger partial charge in [0.2, 0.25) is 11.8 Å². The number of ether oxygens (including phenoxy) is 1. The summed E-state index contributed by atoms with van der Waals surface area (Å²) in [5.41, 5.74) is 1.24. The summed E-state index contributed by atoms with van der Waals surface area (Å²) >= 11 is 0. The molecule has 2 aromatic carbocycles. The van der Waals surface area contributed by atoms with Crippen LogP contribution in [0.15, 0.2) is 54.6 Å². The van der Waals surface area contributed by atoms with Crippen molar-refractivity contribution in [3.8, 4) is 11.6 Å².